The number of hydrogen-bond acceptors (Lipinski definition) is 7. The van der Waals surface area contributed by atoms with Gasteiger partial charge < -0.3 is 19.7 Å². The van der Waals surface area contributed by atoms with Crippen LogP contribution in [-0.2, 0) is 23.9 Å². The first-order valence-corrected chi connectivity index (χ1v) is 9.70. The maximum absolute atomic E-state index is 12.7. The molecule has 4 atom stereocenters. The maximum atomic E-state index is 12.7. The van der Waals surface area contributed by atoms with Crippen molar-refractivity contribution in [2.45, 2.75) is 52.7 Å². The second-order valence-electron chi connectivity index (χ2n) is 8.26. The molecule has 1 saturated carbocycles. The van der Waals surface area contributed by atoms with Gasteiger partial charge >= 0.3 is 11.9 Å². The number of aliphatic hydroxyl groups is 2. The van der Waals surface area contributed by atoms with E-state index in [9.17, 15) is 19.5 Å². The van der Waals surface area contributed by atoms with Crippen molar-refractivity contribution in [3.05, 3.63) is 34.9 Å². The average molecular weight is 406 g/mol. The van der Waals surface area contributed by atoms with E-state index in [2.05, 4.69) is 0 Å². The number of allylic oxidation sites excluding steroid dienone is 1. The van der Waals surface area contributed by atoms with Gasteiger partial charge in [-0.25, -0.2) is 4.79 Å². The van der Waals surface area contributed by atoms with E-state index in [1.807, 2.05) is 13.8 Å². The molecule has 2 aliphatic carbocycles. The van der Waals surface area contributed by atoms with Gasteiger partial charge in [-0.3, -0.25) is 9.59 Å². The molecule has 2 N–H and O–H groups in total. The number of esters is 2. The number of methoxy groups -OCH3 is 1. The molecule has 29 heavy (non-hydrogen) atoms. The number of ketones is 1. The zero-order chi connectivity index (χ0) is 21.9. The van der Waals surface area contributed by atoms with Crippen LogP contribution in [0.15, 0.2) is 34.9 Å². The lowest BCUT2D eigenvalue weighted by Crippen LogP contribution is -2.20. The molecular weight excluding hydrogens is 376 g/mol. The molecule has 0 unspecified atom stereocenters. The van der Waals surface area contributed by atoms with Crippen molar-refractivity contribution in [3.63, 3.8) is 0 Å². The normalized spacial score (nSPS) is 27.3. The minimum absolute atomic E-state index is 0.0676. The fourth-order valence-electron chi connectivity index (χ4n) is 3.91. The summed E-state index contributed by atoms with van der Waals surface area (Å²) in [5.74, 6) is -1.51. The van der Waals surface area contributed by atoms with Gasteiger partial charge in [0.15, 0.2) is 5.78 Å². The second-order valence-corrected chi connectivity index (χ2v) is 8.26. The molecule has 0 radical (unpaired) electrons. The summed E-state index contributed by atoms with van der Waals surface area (Å²) in [7, 11) is 1.31. The van der Waals surface area contributed by atoms with Crippen LogP contribution in [0.4, 0.5) is 0 Å². The van der Waals surface area contributed by atoms with E-state index in [0.717, 1.165) is 0 Å². The Kier molecular flexibility index (Phi) is 7.19. The van der Waals surface area contributed by atoms with Gasteiger partial charge in [0.1, 0.15) is 6.10 Å². The highest BCUT2D eigenvalue weighted by molar-refractivity contribution is 6.00. The minimum atomic E-state index is -0.885. The van der Waals surface area contributed by atoms with Crippen LogP contribution >= 0.6 is 0 Å². The molecule has 0 heterocycles. The smallest absolute Gasteiger partial charge is 0.333 e. The number of rotatable bonds is 8. The molecule has 0 spiro atoms. The van der Waals surface area contributed by atoms with Crippen molar-refractivity contribution in [2.75, 3.05) is 13.7 Å². The topological polar surface area (TPSA) is 110 Å². The first kappa shape index (κ1) is 23.0. The van der Waals surface area contributed by atoms with Crippen LogP contribution in [0.1, 0.15) is 40.5 Å². The Morgan fingerprint density at radius 1 is 1.34 bits per heavy atom. The van der Waals surface area contributed by atoms with Crippen molar-refractivity contribution >= 4 is 17.7 Å². The number of aliphatic hydroxyl groups excluding tert-OH is 2. The third kappa shape index (κ3) is 5.03. The summed E-state index contributed by atoms with van der Waals surface area (Å²) in [6, 6.07) is 0. The largest absolute Gasteiger partial charge is 0.466 e. The van der Waals surface area contributed by atoms with Crippen molar-refractivity contribution in [1.29, 1.82) is 0 Å². The third-order valence-corrected chi connectivity index (χ3v) is 5.90. The van der Waals surface area contributed by atoms with Gasteiger partial charge in [-0.05, 0) is 30.8 Å². The molecule has 160 valence electrons. The van der Waals surface area contributed by atoms with Crippen molar-refractivity contribution in [1.82, 2.24) is 0 Å². The Labute approximate surface area is 171 Å². The maximum Gasteiger partial charge on any atom is 0.333 e. The predicted octanol–water partition coefficient (Wildman–Crippen LogP) is 1.88. The molecule has 0 aromatic carbocycles. The quantitative estimate of drug-likeness (QED) is 0.360. The van der Waals surface area contributed by atoms with Gasteiger partial charge in [-0.15, -0.1) is 0 Å². The lowest BCUT2D eigenvalue weighted by molar-refractivity contribution is -0.150. The lowest BCUT2D eigenvalue weighted by atomic mass is 10.0. The fourth-order valence-corrected chi connectivity index (χ4v) is 3.91. The highest BCUT2D eigenvalue weighted by atomic mass is 16.5. The van der Waals surface area contributed by atoms with Crippen LogP contribution < -0.4 is 0 Å². The zero-order valence-corrected chi connectivity index (χ0v) is 17.6. The summed E-state index contributed by atoms with van der Waals surface area (Å²) < 4.78 is 10.3. The van der Waals surface area contributed by atoms with Crippen LogP contribution in [0.25, 0.3) is 0 Å². The summed E-state index contributed by atoms with van der Waals surface area (Å²) in [5, 5.41) is 18.7. The van der Waals surface area contributed by atoms with Crippen LogP contribution in [0.5, 0.6) is 0 Å². The molecule has 1 fully saturated rings. The second kappa shape index (κ2) is 9.05. The Morgan fingerprint density at radius 2 is 2.00 bits per heavy atom. The summed E-state index contributed by atoms with van der Waals surface area (Å²) in [6.07, 6.45) is 3.25. The SMILES string of the molecule is COC(=O)/C(C)=C/[C@@H]1[C@@H](C(=O)O[C@H]2CC(=O)C(C[C@@H](O)/C=C/CO)=C2C)C1(C)C. The van der Waals surface area contributed by atoms with Crippen LogP contribution in [0.3, 0.4) is 0 Å². The lowest BCUT2D eigenvalue weighted by Gasteiger charge is -2.14. The van der Waals surface area contributed by atoms with E-state index in [-0.39, 0.29) is 36.6 Å². The van der Waals surface area contributed by atoms with E-state index in [0.29, 0.717) is 16.7 Å². The molecule has 7 nitrogen and oxygen atoms in total. The Bertz CT molecular complexity index is 772. The molecule has 0 aromatic heterocycles. The molecule has 2 rings (SSSR count). The molecule has 0 aliphatic heterocycles. The van der Waals surface area contributed by atoms with Crippen LogP contribution in [0, 0.1) is 17.3 Å². The van der Waals surface area contributed by atoms with E-state index in [1.54, 1.807) is 19.9 Å². The van der Waals surface area contributed by atoms with E-state index < -0.39 is 30.1 Å². The predicted molar refractivity (Wildman–Crippen MR) is 106 cm³/mol. The number of carbonyl (C=O) groups excluding carboxylic acids is 3. The van der Waals surface area contributed by atoms with Crippen LogP contribution in [-0.4, -0.2) is 53.9 Å². The number of carbonyl (C=O) groups is 3. The minimum Gasteiger partial charge on any atom is -0.466 e. The first-order chi connectivity index (χ1) is 13.5. The van der Waals surface area contributed by atoms with Gasteiger partial charge in [0.05, 0.1) is 32.2 Å². The Morgan fingerprint density at radius 3 is 2.59 bits per heavy atom. The standard InChI is InChI=1S/C22H30O7/c1-12(20(26)28-5)9-16-19(22(16,3)4)21(27)29-18-11-17(25)15(13(18)2)10-14(24)7-6-8-23/h6-7,9,14,16,18-19,23-24H,8,10-11H2,1-5H3/b7-6+,12-9+/t14-,16+,18-,19-/m0/s1. The third-order valence-electron chi connectivity index (χ3n) is 5.90. The summed E-state index contributed by atoms with van der Waals surface area (Å²) >= 11 is 0. The molecule has 0 aromatic rings. The number of ether oxygens (including phenoxy) is 2. The van der Waals surface area contributed by atoms with Gasteiger partial charge in [0.25, 0.3) is 0 Å². The number of Topliss-reactive ketones (excluding diaryl/α,β-unsaturated/α-hetero) is 1. The number of hydrogen-bond donors (Lipinski definition) is 2. The average Bonchev–Trinajstić information content (AvgIpc) is 3.11. The highest BCUT2D eigenvalue weighted by Gasteiger charge is 2.62. The Balaban J connectivity index is 2.06. The molecule has 0 amide bonds. The monoisotopic (exact) mass is 406 g/mol. The van der Waals surface area contributed by atoms with E-state index >= 15 is 0 Å². The molecule has 2 aliphatic rings. The fraction of sp³-hybridized carbons (Fsp3) is 0.591. The first-order valence-electron chi connectivity index (χ1n) is 9.70. The van der Waals surface area contributed by atoms with E-state index in [1.165, 1.54) is 19.3 Å². The van der Waals surface area contributed by atoms with Crippen molar-refractivity contribution in [2.24, 2.45) is 17.3 Å². The highest BCUT2D eigenvalue weighted by Crippen LogP contribution is 2.60. The van der Waals surface area contributed by atoms with Gasteiger partial charge in [-0.1, -0.05) is 32.1 Å². The van der Waals surface area contributed by atoms with Gasteiger partial charge in [-0.2, -0.15) is 0 Å². The summed E-state index contributed by atoms with van der Waals surface area (Å²) in [6.45, 7) is 7.06. The van der Waals surface area contributed by atoms with Gasteiger partial charge in [0, 0.05) is 17.6 Å². The van der Waals surface area contributed by atoms with Crippen LogP contribution in [0.2, 0.25) is 0 Å². The van der Waals surface area contributed by atoms with Crippen molar-refractivity contribution in [3.8, 4) is 0 Å². The molecule has 7 heteroatoms. The van der Waals surface area contributed by atoms with E-state index in [4.69, 9.17) is 14.6 Å². The zero-order valence-electron chi connectivity index (χ0n) is 17.6. The summed E-state index contributed by atoms with van der Waals surface area (Å²) in [4.78, 5) is 36.7. The molecular formula is C22H30O7. The van der Waals surface area contributed by atoms with Crippen molar-refractivity contribution < 1.29 is 34.1 Å². The van der Waals surface area contributed by atoms with Gasteiger partial charge in [0.2, 0.25) is 0 Å². The molecule has 0 saturated heterocycles. The summed E-state index contributed by atoms with van der Waals surface area (Å²) in [5.41, 5.74) is 1.21. The molecule has 0 bridgehead atoms. The Hall–Kier alpha value is -2.25.